The van der Waals surface area contributed by atoms with Crippen molar-refractivity contribution < 1.29 is 13.2 Å². The fraction of sp³-hybridized carbons (Fsp3) is 0.538. The Kier molecular flexibility index (Phi) is 7.20. The van der Waals surface area contributed by atoms with Crippen LogP contribution in [0.25, 0.3) is 17.3 Å². The van der Waals surface area contributed by atoms with Crippen LogP contribution in [0, 0.1) is 0 Å². The summed E-state index contributed by atoms with van der Waals surface area (Å²) in [7, 11) is -3.58. The lowest BCUT2D eigenvalue weighted by molar-refractivity contribution is 0.0730. The molecule has 0 radical (unpaired) electrons. The number of morpholine rings is 1. The standard InChI is InChI=1S/C26H35N5O3S/c1-2-3-18-14-22-25(15-18)29-17-23(26(22)30-20-6-4-19(27)5-7-20)24-9-8-21(16-28-24)35(32,33)31-10-12-34-13-11-31/h8-9,14,16-17,19-20H,2-7,10-13,15,27H2,1H3,(H,29,30). The molecule has 0 unspecified atom stereocenters. The third kappa shape index (κ3) is 5.14. The largest absolute Gasteiger partial charge is 0.381 e. The van der Waals surface area contributed by atoms with Crippen LogP contribution in [0.4, 0.5) is 5.69 Å². The zero-order valence-corrected chi connectivity index (χ0v) is 21.2. The van der Waals surface area contributed by atoms with Gasteiger partial charge in [-0.15, -0.1) is 0 Å². The SMILES string of the molecule is CCCC1=Cc2c(ncc(-c3ccc(S(=O)(=O)N4CCOCC4)cn3)c2NC2CCC(N)CC2)C1. The number of pyridine rings is 2. The molecule has 188 valence electrons. The minimum absolute atomic E-state index is 0.207. The molecule has 2 aromatic rings. The Morgan fingerprint density at radius 2 is 1.89 bits per heavy atom. The number of nitrogens with two attached hydrogens (primary N) is 1. The molecule has 0 bridgehead atoms. The second kappa shape index (κ2) is 10.3. The summed E-state index contributed by atoms with van der Waals surface area (Å²) in [6.07, 6.45) is 12.8. The molecule has 9 heteroatoms. The Bertz CT molecular complexity index is 1180. The van der Waals surface area contributed by atoms with Crippen LogP contribution in [0.15, 0.2) is 35.0 Å². The van der Waals surface area contributed by atoms with Gasteiger partial charge >= 0.3 is 0 Å². The lowest BCUT2D eigenvalue weighted by Crippen LogP contribution is -2.40. The maximum Gasteiger partial charge on any atom is 0.244 e. The van der Waals surface area contributed by atoms with E-state index in [4.69, 9.17) is 15.5 Å². The van der Waals surface area contributed by atoms with E-state index < -0.39 is 10.0 Å². The van der Waals surface area contributed by atoms with E-state index in [1.165, 1.54) is 16.1 Å². The molecule has 0 aromatic carbocycles. The molecule has 35 heavy (non-hydrogen) atoms. The maximum absolute atomic E-state index is 13.0. The zero-order chi connectivity index (χ0) is 24.4. The topological polar surface area (TPSA) is 110 Å². The van der Waals surface area contributed by atoms with E-state index >= 15 is 0 Å². The monoisotopic (exact) mass is 497 g/mol. The van der Waals surface area contributed by atoms with Crippen LogP contribution < -0.4 is 11.1 Å². The molecule has 2 aromatic heterocycles. The van der Waals surface area contributed by atoms with Crippen molar-refractivity contribution in [1.82, 2.24) is 14.3 Å². The van der Waals surface area contributed by atoms with Crippen molar-refractivity contribution in [3.63, 3.8) is 0 Å². The quantitative estimate of drug-likeness (QED) is 0.601. The van der Waals surface area contributed by atoms with E-state index in [0.29, 0.717) is 38.0 Å². The van der Waals surface area contributed by atoms with Gasteiger partial charge in [-0.1, -0.05) is 25.0 Å². The van der Waals surface area contributed by atoms with Crippen molar-refractivity contribution in [3.8, 4) is 11.3 Å². The highest BCUT2D eigenvalue weighted by Crippen LogP contribution is 2.39. The summed E-state index contributed by atoms with van der Waals surface area (Å²) in [5.41, 5.74) is 12.5. The number of fused-ring (bicyclic) bond motifs is 1. The molecule has 1 saturated heterocycles. The smallest absolute Gasteiger partial charge is 0.244 e. The Balaban J connectivity index is 1.47. The van der Waals surface area contributed by atoms with Gasteiger partial charge in [0.25, 0.3) is 0 Å². The second-order valence-electron chi connectivity index (χ2n) is 9.79. The third-order valence-electron chi connectivity index (χ3n) is 7.25. The van der Waals surface area contributed by atoms with Crippen LogP contribution in [0.5, 0.6) is 0 Å². The molecule has 3 aliphatic rings. The van der Waals surface area contributed by atoms with Crippen LogP contribution in [0.1, 0.15) is 56.7 Å². The first-order valence-corrected chi connectivity index (χ1v) is 14.2. The predicted octanol–water partition coefficient (Wildman–Crippen LogP) is 3.59. The average Bonchev–Trinajstić information content (AvgIpc) is 3.29. The Morgan fingerprint density at radius 3 is 2.57 bits per heavy atom. The first-order chi connectivity index (χ1) is 17.0. The third-order valence-corrected chi connectivity index (χ3v) is 9.14. The van der Waals surface area contributed by atoms with Crippen LogP contribution >= 0.6 is 0 Å². The summed E-state index contributed by atoms with van der Waals surface area (Å²) < 4.78 is 32.8. The van der Waals surface area contributed by atoms with Gasteiger partial charge in [0, 0.05) is 55.1 Å². The van der Waals surface area contributed by atoms with E-state index in [0.717, 1.165) is 67.5 Å². The van der Waals surface area contributed by atoms with Crippen LogP contribution in [-0.4, -0.2) is 61.1 Å². The van der Waals surface area contributed by atoms with Gasteiger partial charge in [-0.05, 0) is 44.2 Å². The van der Waals surface area contributed by atoms with E-state index in [-0.39, 0.29) is 10.9 Å². The fourth-order valence-electron chi connectivity index (χ4n) is 5.26. The van der Waals surface area contributed by atoms with Gasteiger partial charge in [0.2, 0.25) is 10.0 Å². The number of allylic oxidation sites excluding steroid dienone is 1. The number of nitrogens with one attached hydrogen (secondary N) is 1. The van der Waals surface area contributed by atoms with Crippen LogP contribution in [-0.2, 0) is 21.2 Å². The van der Waals surface area contributed by atoms with Crippen molar-refractivity contribution in [1.29, 1.82) is 0 Å². The summed E-state index contributed by atoms with van der Waals surface area (Å²) in [6, 6.07) is 4.09. The second-order valence-corrected chi connectivity index (χ2v) is 11.7. The van der Waals surface area contributed by atoms with Crippen molar-refractivity contribution in [2.24, 2.45) is 5.73 Å². The molecule has 0 amide bonds. The van der Waals surface area contributed by atoms with Gasteiger partial charge < -0.3 is 15.8 Å². The first kappa shape index (κ1) is 24.4. The van der Waals surface area contributed by atoms with E-state index in [1.54, 1.807) is 12.1 Å². The lowest BCUT2D eigenvalue weighted by atomic mass is 9.91. The molecular weight excluding hydrogens is 462 g/mol. The first-order valence-electron chi connectivity index (χ1n) is 12.7. The molecule has 0 atom stereocenters. The number of rotatable bonds is 7. The number of nitrogens with zero attached hydrogens (tertiary/aromatic N) is 3. The van der Waals surface area contributed by atoms with Gasteiger partial charge in [0.05, 0.1) is 30.3 Å². The summed E-state index contributed by atoms with van der Waals surface area (Å²) in [5.74, 6) is 0. The van der Waals surface area contributed by atoms with Gasteiger partial charge in [0.15, 0.2) is 0 Å². The van der Waals surface area contributed by atoms with E-state index in [2.05, 4.69) is 23.3 Å². The van der Waals surface area contributed by atoms with Crippen molar-refractivity contribution in [2.45, 2.75) is 68.8 Å². The summed E-state index contributed by atoms with van der Waals surface area (Å²) in [5, 5.41) is 3.81. The van der Waals surface area contributed by atoms with Gasteiger partial charge in [-0.2, -0.15) is 4.31 Å². The molecule has 1 saturated carbocycles. The summed E-state index contributed by atoms with van der Waals surface area (Å²) in [4.78, 5) is 9.59. The average molecular weight is 498 g/mol. The van der Waals surface area contributed by atoms with Crippen molar-refractivity contribution >= 4 is 21.8 Å². The number of anilines is 1. The number of hydrogen-bond donors (Lipinski definition) is 2. The minimum Gasteiger partial charge on any atom is -0.381 e. The molecule has 3 N–H and O–H groups in total. The number of ether oxygens (including phenoxy) is 1. The summed E-state index contributed by atoms with van der Waals surface area (Å²) >= 11 is 0. The predicted molar refractivity (Wildman–Crippen MR) is 137 cm³/mol. The van der Waals surface area contributed by atoms with E-state index in [1.807, 2.05) is 6.20 Å². The highest BCUT2D eigenvalue weighted by atomic mass is 32.2. The molecule has 2 fully saturated rings. The molecular formula is C26H35N5O3S. The maximum atomic E-state index is 13.0. The number of aromatic nitrogens is 2. The molecule has 0 spiro atoms. The van der Waals surface area contributed by atoms with Gasteiger partial charge in [-0.3, -0.25) is 9.97 Å². The van der Waals surface area contributed by atoms with Crippen LogP contribution in [0.2, 0.25) is 0 Å². The number of sulfonamides is 1. The van der Waals surface area contributed by atoms with E-state index in [9.17, 15) is 8.42 Å². The Labute approximate surface area is 208 Å². The van der Waals surface area contributed by atoms with Crippen LogP contribution in [0.3, 0.4) is 0 Å². The fourth-order valence-corrected chi connectivity index (χ4v) is 6.61. The molecule has 5 rings (SSSR count). The highest BCUT2D eigenvalue weighted by Gasteiger charge is 2.28. The normalized spacial score (nSPS) is 23.1. The molecule has 8 nitrogen and oxygen atoms in total. The van der Waals surface area contributed by atoms with Crippen molar-refractivity contribution in [3.05, 3.63) is 41.4 Å². The van der Waals surface area contributed by atoms with Gasteiger partial charge in [0.1, 0.15) is 4.90 Å². The summed E-state index contributed by atoms with van der Waals surface area (Å²) in [6.45, 7) is 3.76. The lowest BCUT2D eigenvalue weighted by Gasteiger charge is -2.29. The zero-order valence-electron chi connectivity index (χ0n) is 20.4. The minimum atomic E-state index is -3.58. The highest BCUT2D eigenvalue weighted by molar-refractivity contribution is 7.89. The Hall–Kier alpha value is -2.33. The molecule has 1 aliphatic heterocycles. The molecule has 3 heterocycles. The number of hydrogen-bond acceptors (Lipinski definition) is 7. The molecule has 2 aliphatic carbocycles. The Morgan fingerprint density at radius 1 is 1.11 bits per heavy atom. The van der Waals surface area contributed by atoms with Crippen molar-refractivity contribution in [2.75, 3.05) is 31.6 Å². The van der Waals surface area contributed by atoms with Gasteiger partial charge in [-0.25, -0.2) is 8.42 Å².